The van der Waals surface area contributed by atoms with Crippen LogP contribution >= 0.6 is 0 Å². The lowest BCUT2D eigenvalue weighted by Crippen LogP contribution is -2.43. The van der Waals surface area contributed by atoms with Gasteiger partial charge in [0.1, 0.15) is 0 Å². The Morgan fingerprint density at radius 3 is 2.79 bits per heavy atom. The number of rotatable bonds is 4. The van der Waals surface area contributed by atoms with Crippen molar-refractivity contribution in [2.45, 2.75) is 51.6 Å². The van der Waals surface area contributed by atoms with Gasteiger partial charge in [0, 0.05) is 18.6 Å². The van der Waals surface area contributed by atoms with Crippen molar-refractivity contribution in [3.05, 3.63) is 12.2 Å². The Balaban J connectivity index is 2.41. The van der Waals surface area contributed by atoms with Crippen molar-refractivity contribution in [1.29, 1.82) is 0 Å². The van der Waals surface area contributed by atoms with Gasteiger partial charge in [0.05, 0.1) is 0 Å². The molecule has 0 aliphatic carbocycles. The van der Waals surface area contributed by atoms with Crippen molar-refractivity contribution >= 4 is 0 Å². The molecule has 1 saturated heterocycles. The smallest absolute Gasteiger partial charge is 0.0132 e. The van der Waals surface area contributed by atoms with Gasteiger partial charge in [-0.25, -0.2) is 0 Å². The van der Waals surface area contributed by atoms with Crippen LogP contribution < -0.4 is 5.73 Å². The third-order valence-electron chi connectivity index (χ3n) is 3.05. The van der Waals surface area contributed by atoms with E-state index in [0.29, 0.717) is 12.6 Å². The van der Waals surface area contributed by atoms with E-state index in [0.717, 1.165) is 6.04 Å². The first kappa shape index (κ1) is 11.7. The second-order valence-corrected chi connectivity index (χ2v) is 4.42. The molecule has 0 aromatic rings. The third kappa shape index (κ3) is 3.43. The minimum atomic E-state index is 0.675. The van der Waals surface area contributed by atoms with Crippen LogP contribution in [0.15, 0.2) is 12.2 Å². The molecule has 0 aromatic heterocycles. The molecular formula is C12H24N2. The Morgan fingerprint density at radius 1 is 1.36 bits per heavy atom. The number of likely N-dealkylation sites (tertiary alicyclic amines) is 1. The van der Waals surface area contributed by atoms with Crippen LogP contribution in [0.25, 0.3) is 0 Å². The van der Waals surface area contributed by atoms with E-state index >= 15 is 0 Å². The summed E-state index contributed by atoms with van der Waals surface area (Å²) < 4.78 is 0. The minimum Gasteiger partial charge on any atom is -0.327 e. The highest BCUT2D eigenvalue weighted by atomic mass is 15.2. The molecule has 1 rings (SSSR count). The summed E-state index contributed by atoms with van der Waals surface area (Å²) in [5.41, 5.74) is 5.44. The van der Waals surface area contributed by atoms with Crippen LogP contribution in [0, 0.1) is 0 Å². The molecule has 1 aliphatic rings. The largest absolute Gasteiger partial charge is 0.327 e. The van der Waals surface area contributed by atoms with Crippen molar-refractivity contribution in [1.82, 2.24) is 4.90 Å². The fraction of sp³-hybridized carbons (Fsp3) is 0.833. The minimum absolute atomic E-state index is 0.675. The Bertz CT molecular complexity index is 175. The van der Waals surface area contributed by atoms with Gasteiger partial charge in [-0.15, -0.1) is 0 Å². The van der Waals surface area contributed by atoms with Gasteiger partial charge in [-0.2, -0.15) is 0 Å². The lowest BCUT2D eigenvalue weighted by molar-refractivity contribution is 0.113. The summed E-state index contributed by atoms with van der Waals surface area (Å²) in [5.74, 6) is 0. The molecular weight excluding hydrogens is 172 g/mol. The second-order valence-electron chi connectivity index (χ2n) is 4.42. The molecule has 2 nitrogen and oxygen atoms in total. The van der Waals surface area contributed by atoms with Crippen LogP contribution in [0.1, 0.15) is 39.5 Å². The lowest BCUT2D eigenvalue weighted by Gasteiger charge is -2.38. The highest BCUT2D eigenvalue weighted by Crippen LogP contribution is 2.21. The number of nitrogens with zero attached hydrogens (tertiary/aromatic N) is 1. The summed E-state index contributed by atoms with van der Waals surface area (Å²) in [6.45, 7) is 6.54. The number of hydrogen-bond donors (Lipinski definition) is 1. The zero-order chi connectivity index (χ0) is 10.4. The monoisotopic (exact) mass is 196 g/mol. The average molecular weight is 196 g/mol. The van der Waals surface area contributed by atoms with Gasteiger partial charge in [0.15, 0.2) is 0 Å². The Hall–Kier alpha value is -0.340. The molecule has 82 valence electrons. The van der Waals surface area contributed by atoms with Gasteiger partial charge >= 0.3 is 0 Å². The molecule has 0 radical (unpaired) electrons. The first-order valence-electron chi connectivity index (χ1n) is 5.86. The summed E-state index contributed by atoms with van der Waals surface area (Å²) in [6, 6.07) is 1.44. The van der Waals surface area contributed by atoms with Gasteiger partial charge in [0.2, 0.25) is 0 Å². The van der Waals surface area contributed by atoms with E-state index in [1.807, 2.05) is 0 Å². The van der Waals surface area contributed by atoms with E-state index in [-0.39, 0.29) is 0 Å². The Labute approximate surface area is 88.2 Å². The first-order valence-corrected chi connectivity index (χ1v) is 5.86. The maximum Gasteiger partial charge on any atom is 0.0132 e. The topological polar surface area (TPSA) is 29.3 Å². The predicted octanol–water partition coefficient (Wildman–Crippen LogP) is 2.15. The molecule has 0 amide bonds. The zero-order valence-electron chi connectivity index (χ0n) is 9.58. The molecule has 1 fully saturated rings. The van der Waals surface area contributed by atoms with Crippen molar-refractivity contribution < 1.29 is 0 Å². The molecule has 14 heavy (non-hydrogen) atoms. The predicted molar refractivity (Wildman–Crippen MR) is 62.3 cm³/mol. The fourth-order valence-corrected chi connectivity index (χ4v) is 2.31. The SMILES string of the molecule is CC(C)N1CCCCC1C/C=C\CN. The van der Waals surface area contributed by atoms with Crippen LogP contribution in [0.2, 0.25) is 0 Å². The summed E-state index contributed by atoms with van der Waals surface area (Å²) in [6.07, 6.45) is 9.61. The van der Waals surface area contributed by atoms with Crippen LogP contribution in [0.5, 0.6) is 0 Å². The number of piperidine rings is 1. The molecule has 0 spiro atoms. The van der Waals surface area contributed by atoms with E-state index in [4.69, 9.17) is 5.73 Å². The van der Waals surface area contributed by atoms with Gasteiger partial charge in [0.25, 0.3) is 0 Å². The fourth-order valence-electron chi connectivity index (χ4n) is 2.31. The normalized spacial score (nSPS) is 25.0. The van der Waals surface area contributed by atoms with Crippen LogP contribution in [0.3, 0.4) is 0 Å². The van der Waals surface area contributed by atoms with E-state index in [2.05, 4.69) is 30.9 Å². The van der Waals surface area contributed by atoms with E-state index in [1.165, 1.54) is 32.2 Å². The average Bonchev–Trinajstić information content (AvgIpc) is 2.19. The summed E-state index contributed by atoms with van der Waals surface area (Å²) in [4.78, 5) is 2.63. The molecule has 1 atom stereocenters. The van der Waals surface area contributed by atoms with Crippen LogP contribution in [-0.4, -0.2) is 30.1 Å². The van der Waals surface area contributed by atoms with Crippen LogP contribution in [-0.2, 0) is 0 Å². The summed E-state index contributed by atoms with van der Waals surface area (Å²) in [7, 11) is 0. The van der Waals surface area contributed by atoms with Crippen molar-refractivity contribution in [2.75, 3.05) is 13.1 Å². The summed E-state index contributed by atoms with van der Waals surface area (Å²) in [5, 5.41) is 0. The lowest BCUT2D eigenvalue weighted by atomic mass is 9.97. The molecule has 1 unspecified atom stereocenters. The highest BCUT2D eigenvalue weighted by molar-refractivity contribution is 4.90. The molecule has 1 heterocycles. The quantitative estimate of drug-likeness (QED) is 0.698. The zero-order valence-corrected chi connectivity index (χ0v) is 9.58. The van der Waals surface area contributed by atoms with Crippen LogP contribution in [0.4, 0.5) is 0 Å². The Kier molecular flexibility index (Phi) is 5.20. The third-order valence-corrected chi connectivity index (χ3v) is 3.05. The highest BCUT2D eigenvalue weighted by Gasteiger charge is 2.22. The van der Waals surface area contributed by atoms with E-state index in [9.17, 15) is 0 Å². The molecule has 2 N–H and O–H groups in total. The van der Waals surface area contributed by atoms with E-state index < -0.39 is 0 Å². The maximum absolute atomic E-state index is 5.44. The molecule has 0 bridgehead atoms. The number of nitrogens with two attached hydrogens (primary N) is 1. The van der Waals surface area contributed by atoms with Gasteiger partial charge in [-0.1, -0.05) is 18.6 Å². The summed E-state index contributed by atoms with van der Waals surface area (Å²) >= 11 is 0. The first-order chi connectivity index (χ1) is 6.75. The van der Waals surface area contributed by atoms with Crippen molar-refractivity contribution in [3.63, 3.8) is 0 Å². The van der Waals surface area contributed by atoms with Crippen molar-refractivity contribution in [3.8, 4) is 0 Å². The number of hydrogen-bond acceptors (Lipinski definition) is 2. The van der Waals surface area contributed by atoms with Gasteiger partial charge < -0.3 is 5.73 Å². The standard InChI is InChI=1S/C12H24N2/c1-11(2)14-10-6-4-8-12(14)7-3-5-9-13/h3,5,11-12H,4,6-10,13H2,1-2H3/b5-3-. The maximum atomic E-state index is 5.44. The van der Waals surface area contributed by atoms with E-state index in [1.54, 1.807) is 0 Å². The van der Waals surface area contributed by atoms with Gasteiger partial charge in [-0.3, -0.25) is 4.90 Å². The molecule has 1 aliphatic heterocycles. The molecule has 0 saturated carbocycles. The Morgan fingerprint density at radius 2 is 2.14 bits per heavy atom. The molecule has 0 aromatic carbocycles. The van der Waals surface area contributed by atoms with Gasteiger partial charge in [-0.05, 0) is 39.7 Å². The second kappa shape index (κ2) is 6.20. The molecule has 2 heteroatoms. The van der Waals surface area contributed by atoms with Crippen molar-refractivity contribution in [2.24, 2.45) is 5.73 Å².